The van der Waals surface area contributed by atoms with Gasteiger partial charge in [-0.15, -0.1) is 0 Å². The second-order valence-electron chi connectivity index (χ2n) is 9.01. The maximum Gasteiger partial charge on any atom is 0.410 e. The highest BCUT2D eigenvalue weighted by atomic mass is 35.5. The monoisotopic (exact) mass is 451 g/mol. The van der Waals surface area contributed by atoms with Gasteiger partial charge in [-0.1, -0.05) is 29.3 Å². The molecule has 2 aromatic rings. The molecule has 0 radical (unpaired) electrons. The molecule has 4 rings (SSSR count). The average Bonchev–Trinajstić information content (AvgIpc) is 3.07. The molecule has 0 spiro atoms. The number of carbonyl (C=O) groups is 1. The van der Waals surface area contributed by atoms with E-state index in [0.29, 0.717) is 35.5 Å². The lowest BCUT2D eigenvalue weighted by molar-refractivity contribution is 0.0255. The van der Waals surface area contributed by atoms with Gasteiger partial charge < -0.3 is 14.4 Å². The van der Waals surface area contributed by atoms with Crippen LogP contribution in [0.5, 0.6) is 5.75 Å². The molecule has 1 amide bonds. The molecule has 0 aromatic heterocycles. The molecule has 3 atom stereocenters. The number of nitrogens with zero attached hydrogens (tertiary/aromatic N) is 1. The summed E-state index contributed by atoms with van der Waals surface area (Å²) >= 11 is 12.4. The normalized spacial score (nSPS) is 25.1. The second kappa shape index (κ2) is 7.61. The zero-order valence-corrected chi connectivity index (χ0v) is 18.6. The van der Waals surface area contributed by atoms with Crippen LogP contribution in [-0.4, -0.2) is 36.3 Å². The van der Waals surface area contributed by atoms with Gasteiger partial charge in [0, 0.05) is 24.4 Å². The molecule has 2 unspecified atom stereocenters. The van der Waals surface area contributed by atoms with Gasteiger partial charge in [0.2, 0.25) is 0 Å². The van der Waals surface area contributed by atoms with Crippen LogP contribution in [0, 0.1) is 17.7 Å². The fourth-order valence-corrected chi connectivity index (χ4v) is 4.80. The summed E-state index contributed by atoms with van der Waals surface area (Å²) in [7, 11) is 0. The maximum atomic E-state index is 13.1. The van der Waals surface area contributed by atoms with Crippen molar-refractivity contribution in [1.29, 1.82) is 0 Å². The van der Waals surface area contributed by atoms with Crippen molar-refractivity contribution >= 4 is 29.3 Å². The van der Waals surface area contributed by atoms with Gasteiger partial charge in [-0.05, 0) is 68.7 Å². The van der Waals surface area contributed by atoms with E-state index < -0.39 is 5.60 Å². The Morgan fingerprint density at radius 3 is 2.50 bits per heavy atom. The van der Waals surface area contributed by atoms with Crippen molar-refractivity contribution in [3.8, 4) is 5.75 Å². The van der Waals surface area contributed by atoms with E-state index in [1.165, 1.54) is 12.1 Å². The van der Waals surface area contributed by atoms with Crippen molar-refractivity contribution in [2.75, 3.05) is 19.7 Å². The first-order chi connectivity index (χ1) is 14.1. The van der Waals surface area contributed by atoms with Gasteiger partial charge in [0.05, 0.1) is 16.7 Å². The van der Waals surface area contributed by atoms with Crippen LogP contribution in [0.2, 0.25) is 10.0 Å². The molecular weight excluding hydrogens is 428 g/mol. The SMILES string of the molecule is CC(C)(C)OC(=O)N1C[C@H]2C(COc3ccc(F)cc3)C2(c2ccc(Cl)c(Cl)c2)C1. The summed E-state index contributed by atoms with van der Waals surface area (Å²) in [5.74, 6) is 0.752. The molecule has 0 bridgehead atoms. The Balaban J connectivity index is 1.54. The van der Waals surface area contributed by atoms with Gasteiger partial charge in [0.1, 0.15) is 17.2 Å². The maximum absolute atomic E-state index is 13.1. The van der Waals surface area contributed by atoms with Gasteiger partial charge in [-0.2, -0.15) is 0 Å². The number of carbonyl (C=O) groups excluding carboxylic acids is 1. The van der Waals surface area contributed by atoms with Crippen LogP contribution >= 0.6 is 23.2 Å². The lowest BCUT2D eigenvalue weighted by Gasteiger charge is -2.28. The Morgan fingerprint density at radius 2 is 1.87 bits per heavy atom. The predicted octanol–water partition coefficient (Wildman–Crippen LogP) is 5.95. The number of hydrogen-bond acceptors (Lipinski definition) is 3. The predicted molar refractivity (Wildman–Crippen MR) is 115 cm³/mol. The summed E-state index contributed by atoms with van der Waals surface area (Å²) in [6.45, 7) is 7.16. The molecule has 1 saturated carbocycles. The number of benzene rings is 2. The van der Waals surface area contributed by atoms with E-state index in [4.69, 9.17) is 32.7 Å². The lowest BCUT2D eigenvalue weighted by atomic mass is 9.93. The Kier molecular flexibility index (Phi) is 5.39. The summed E-state index contributed by atoms with van der Waals surface area (Å²) in [5.41, 5.74) is 0.234. The van der Waals surface area contributed by atoms with Crippen molar-refractivity contribution in [1.82, 2.24) is 4.90 Å². The van der Waals surface area contributed by atoms with Gasteiger partial charge in [0.15, 0.2) is 0 Å². The minimum Gasteiger partial charge on any atom is -0.493 e. The Bertz CT molecular complexity index is 960. The summed E-state index contributed by atoms with van der Waals surface area (Å²) in [6.07, 6.45) is -0.313. The fraction of sp³-hybridized carbons (Fsp3) is 0.435. The van der Waals surface area contributed by atoms with Crippen molar-refractivity contribution in [2.24, 2.45) is 11.8 Å². The molecule has 2 fully saturated rings. The first-order valence-corrected chi connectivity index (χ1v) is 10.7. The Morgan fingerprint density at radius 1 is 1.17 bits per heavy atom. The first-order valence-electron chi connectivity index (χ1n) is 9.92. The molecule has 1 aliphatic heterocycles. The third kappa shape index (κ3) is 3.97. The van der Waals surface area contributed by atoms with Gasteiger partial charge in [-0.3, -0.25) is 0 Å². The molecule has 0 N–H and O–H groups in total. The molecule has 2 aromatic carbocycles. The number of fused-ring (bicyclic) bond motifs is 1. The van der Waals surface area contributed by atoms with Crippen molar-refractivity contribution in [2.45, 2.75) is 31.8 Å². The van der Waals surface area contributed by atoms with Crippen molar-refractivity contribution in [3.05, 3.63) is 63.9 Å². The topological polar surface area (TPSA) is 38.8 Å². The number of hydrogen-bond donors (Lipinski definition) is 0. The highest BCUT2D eigenvalue weighted by Gasteiger charge is 2.70. The fourth-order valence-electron chi connectivity index (χ4n) is 4.50. The van der Waals surface area contributed by atoms with Crippen LogP contribution < -0.4 is 4.74 Å². The summed E-state index contributed by atoms with van der Waals surface area (Å²) < 4.78 is 24.6. The largest absolute Gasteiger partial charge is 0.493 e. The van der Waals surface area contributed by atoms with Crippen LogP contribution in [-0.2, 0) is 10.2 Å². The van der Waals surface area contributed by atoms with Gasteiger partial charge >= 0.3 is 6.09 Å². The van der Waals surface area contributed by atoms with E-state index in [9.17, 15) is 9.18 Å². The number of halogens is 3. The first kappa shape index (κ1) is 21.3. The Labute approximate surface area is 185 Å². The van der Waals surface area contributed by atoms with Gasteiger partial charge in [-0.25, -0.2) is 9.18 Å². The van der Waals surface area contributed by atoms with Crippen LogP contribution in [0.1, 0.15) is 26.3 Å². The molecular formula is C23H24Cl2FNO3. The molecule has 1 aliphatic carbocycles. The molecule has 2 aliphatic rings. The van der Waals surface area contributed by atoms with Crippen molar-refractivity contribution < 1.29 is 18.7 Å². The summed E-state index contributed by atoms with van der Waals surface area (Å²) in [4.78, 5) is 14.4. The molecule has 4 nitrogen and oxygen atoms in total. The molecule has 7 heteroatoms. The van der Waals surface area contributed by atoms with Crippen LogP contribution in [0.25, 0.3) is 0 Å². The van der Waals surface area contributed by atoms with E-state index in [1.54, 1.807) is 23.1 Å². The Hall–Kier alpha value is -1.98. The van der Waals surface area contributed by atoms with E-state index in [1.807, 2.05) is 32.9 Å². The zero-order valence-electron chi connectivity index (χ0n) is 17.1. The summed E-state index contributed by atoms with van der Waals surface area (Å²) in [5, 5.41) is 0.984. The van der Waals surface area contributed by atoms with E-state index in [0.717, 1.165) is 5.56 Å². The number of rotatable bonds is 4. The standard InChI is InChI=1S/C23H24Cl2FNO3/c1-22(2,3)30-21(28)27-11-17-18(12-29-16-7-5-15(26)6-8-16)23(17,13-27)14-4-9-19(24)20(25)10-14/h4-10,17-18H,11-13H2,1-3H3/t17-,18?,23?/m0/s1. The van der Waals surface area contributed by atoms with Gasteiger partial charge in [0.25, 0.3) is 0 Å². The lowest BCUT2D eigenvalue weighted by Crippen LogP contribution is -2.39. The average molecular weight is 452 g/mol. The highest BCUT2D eigenvalue weighted by molar-refractivity contribution is 6.42. The molecule has 160 valence electrons. The summed E-state index contributed by atoms with van der Waals surface area (Å²) in [6, 6.07) is 11.6. The van der Waals surface area contributed by atoms with Crippen LogP contribution in [0.3, 0.4) is 0 Å². The minimum atomic E-state index is -0.550. The van der Waals surface area contributed by atoms with E-state index in [2.05, 4.69) is 0 Å². The molecule has 1 saturated heterocycles. The third-order valence-corrected chi connectivity index (χ3v) is 6.66. The van der Waals surface area contributed by atoms with E-state index >= 15 is 0 Å². The van der Waals surface area contributed by atoms with Crippen LogP contribution in [0.15, 0.2) is 42.5 Å². The minimum absolute atomic E-state index is 0.207. The second-order valence-corrected chi connectivity index (χ2v) is 9.82. The molecule has 1 heterocycles. The zero-order chi connectivity index (χ0) is 21.7. The van der Waals surface area contributed by atoms with E-state index in [-0.39, 0.29) is 29.2 Å². The van der Waals surface area contributed by atoms with Crippen LogP contribution in [0.4, 0.5) is 9.18 Å². The number of piperidine rings is 1. The smallest absolute Gasteiger partial charge is 0.410 e. The molecule has 30 heavy (non-hydrogen) atoms. The highest BCUT2D eigenvalue weighted by Crippen LogP contribution is 2.64. The van der Waals surface area contributed by atoms with Crippen molar-refractivity contribution in [3.63, 3.8) is 0 Å². The number of amides is 1. The number of ether oxygens (including phenoxy) is 2. The third-order valence-electron chi connectivity index (χ3n) is 5.92. The quantitative estimate of drug-likeness (QED) is 0.576. The number of likely N-dealkylation sites (tertiary alicyclic amines) is 1.